The Morgan fingerprint density at radius 1 is 1.67 bits per heavy atom. The summed E-state index contributed by atoms with van der Waals surface area (Å²) in [6.45, 7) is 0. The molecule has 3 heteroatoms. The highest BCUT2D eigenvalue weighted by molar-refractivity contribution is 5.04. The predicted molar refractivity (Wildman–Crippen MR) is 47.7 cm³/mol. The molecule has 12 heavy (non-hydrogen) atoms. The molecular formula is C9H15N3. The van der Waals surface area contributed by atoms with Gasteiger partial charge in [-0.15, -0.1) is 0 Å². The molecule has 0 amide bonds. The highest BCUT2D eigenvalue weighted by Crippen LogP contribution is 2.36. The van der Waals surface area contributed by atoms with Crippen molar-refractivity contribution in [2.75, 3.05) is 0 Å². The normalized spacial score (nSPS) is 19.5. The van der Waals surface area contributed by atoms with Crippen LogP contribution < -0.4 is 5.73 Å². The van der Waals surface area contributed by atoms with Crippen molar-refractivity contribution in [2.24, 2.45) is 12.8 Å². The third kappa shape index (κ3) is 1.67. The first-order chi connectivity index (χ1) is 5.68. The van der Waals surface area contributed by atoms with Gasteiger partial charge in [0.15, 0.2) is 0 Å². The average molecular weight is 165 g/mol. The molecule has 0 aromatic carbocycles. The minimum Gasteiger partial charge on any atom is -0.340 e. The van der Waals surface area contributed by atoms with Gasteiger partial charge in [-0.25, -0.2) is 4.98 Å². The summed E-state index contributed by atoms with van der Waals surface area (Å²) in [5.74, 6) is 0. The van der Waals surface area contributed by atoms with Gasteiger partial charge in [-0.05, 0) is 25.7 Å². The van der Waals surface area contributed by atoms with Gasteiger partial charge >= 0.3 is 0 Å². The molecule has 1 fully saturated rings. The van der Waals surface area contributed by atoms with E-state index in [1.165, 1.54) is 12.8 Å². The first kappa shape index (κ1) is 7.80. The quantitative estimate of drug-likeness (QED) is 0.721. The maximum atomic E-state index is 5.97. The van der Waals surface area contributed by atoms with Gasteiger partial charge in [0, 0.05) is 18.8 Å². The van der Waals surface area contributed by atoms with Crippen LogP contribution in [0.15, 0.2) is 12.5 Å². The van der Waals surface area contributed by atoms with Crippen LogP contribution in [0.3, 0.4) is 0 Å². The third-order valence-corrected chi connectivity index (χ3v) is 2.53. The number of aryl methyl sites for hydroxylation is 2. The van der Waals surface area contributed by atoms with Crippen LogP contribution in [0.2, 0.25) is 0 Å². The Kier molecular flexibility index (Phi) is 1.68. The van der Waals surface area contributed by atoms with Crippen molar-refractivity contribution in [3.8, 4) is 0 Å². The van der Waals surface area contributed by atoms with Crippen molar-refractivity contribution in [1.82, 2.24) is 9.55 Å². The molecular weight excluding hydrogens is 150 g/mol. The van der Waals surface area contributed by atoms with Crippen molar-refractivity contribution in [3.63, 3.8) is 0 Å². The van der Waals surface area contributed by atoms with Crippen LogP contribution in [0.4, 0.5) is 0 Å². The Morgan fingerprint density at radius 2 is 2.42 bits per heavy atom. The van der Waals surface area contributed by atoms with E-state index < -0.39 is 0 Å². The Bertz CT molecular complexity index is 273. The van der Waals surface area contributed by atoms with Crippen LogP contribution in [0.25, 0.3) is 0 Å². The highest BCUT2D eigenvalue weighted by atomic mass is 15.0. The summed E-state index contributed by atoms with van der Waals surface area (Å²) < 4.78 is 1.98. The summed E-state index contributed by atoms with van der Waals surface area (Å²) in [5.41, 5.74) is 7.29. The molecule has 1 aliphatic rings. The van der Waals surface area contributed by atoms with E-state index in [4.69, 9.17) is 5.73 Å². The lowest BCUT2D eigenvalue weighted by Crippen LogP contribution is -2.22. The van der Waals surface area contributed by atoms with Crippen LogP contribution in [-0.4, -0.2) is 15.1 Å². The fraction of sp³-hybridized carbons (Fsp3) is 0.667. The molecule has 0 atom stereocenters. The minimum absolute atomic E-state index is 0.164. The van der Waals surface area contributed by atoms with Crippen LogP contribution in [0, 0.1) is 0 Å². The molecule has 2 N–H and O–H groups in total. The summed E-state index contributed by atoms with van der Waals surface area (Å²) >= 11 is 0. The maximum absolute atomic E-state index is 5.97. The molecule has 3 nitrogen and oxygen atoms in total. The Balaban J connectivity index is 1.87. The number of rotatable bonds is 3. The topological polar surface area (TPSA) is 43.8 Å². The Morgan fingerprint density at radius 3 is 2.92 bits per heavy atom. The minimum atomic E-state index is 0.164. The molecule has 66 valence electrons. The molecule has 0 bridgehead atoms. The molecule has 1 aromatic rings. The number of nitrogens with two attached hydrogens (primary N) is 1. The first-order valence-electron chi connectivity index (χ1n) is 4.44. The SMILES string of the molecule is Cn1cnc(CCC2(N)CC2)c1. The van der Waals surface area contributed by atoms with Crippen molar-refractivity contribution in [3.05, 3.63) is 18.2 Å². The zero-order valence-electron chi connectivity index (χ0n) is 7.45. The number of hydrogen-bond acceptors (Lipinski definition) is 2. The van der Waals surface area contributed by atoms with E-state index in [-0.39, 0.29) is 5.54 Å². The van der Waals surface area contributed by atoms with Crippen molar-refractivity contribution >= 4 is 0 Å². The van der Waals surface area contributed by atoms with Crippen LogP contribution in [0.5, 0.6) is 0 Å². The van der Waals surface area contributed by atoms with E-state index in [0.29, 0.717) is 0 Å². The largest absolute Gasteiger partial charge is 0.340 e. The van der Waals surface area contributed by atoms with E-state index in [2.05, 4.69) is 11.2 Å². The van der Waals surface area contributed by atoms with Gasteiger partial charge in [0.25, 0.3) is 0 Å². The number of aromatic nitrogens is 2. The predicted octanol–water partition coefficient (Wildman–Crippen LogP) is 0.844. The van der Waals surface area contributed by atoms with E-state index in [9.17, 15) is 0 Å². The summed E-state index contributed by atoms with van der Waals surface area (Å²) in [6, 6.07) is 0. The smallest absolute Gasteiger partial charge is 0.0946 e. The Labute approximate surface area is 72.6 Å². The maximum Gasteiger partial charge on any atom is 0.0946 e. The lowest BCUT2D eigenvalue weighted by molar-refractivity contribution is 0.604. The average Bonchev–Trinajstić information content (AvgIpc) is 2.60. The first-order valence-corrected chi connectivity index (χ1v) is 4.44. The molecule has 0 radical (unpaired) electrons. The van der Waals surface area contributed by atoms with Gasteiger partial charge in [-0.3, -0.25) is 0 Å². The standard InChI is InChI=1S/C9H15N3/c1-12-6-8(11-7-12)2-3-9(10)4-5-9/h6-7H,2-5,10H2,1H3. The Hall–Kier alpha value is -0.830. The van der Waals surface area contributed by atoms with E-state index in [1.54, 1.807) is 0 Å². The van der Waals surface area contributed by atoms with Crippen LogP contribution in [0.1, 0.15) is 25.0 Å². The molecule has 0 aliphatic heterocycles. The molecule has 1 aliphatic carbocycles. The lowest BCUT2D eigenvalue weighted by atomic mass is 10.1. The van der Waals surface area contributed by atoms with E-state index >= 15 is 0 Å². The fourth-order valence-electron chi connectivity index (χ4n) is 1.38. The second-order valence-corrected chi connectivity index (χ2v) is 3.89. The second kappa shape index (κ2) is 2.59. The molecule has 0 saturated heterocycles. The summed E-state index contributed by atoms with van der Waals surface area (Å²) in [4.78, 5) is 4.25. The van der Waals surface area contributed by atoms with E-state index in [0.717, 1.165) is 18.5 Å². The number of nitrogens with zero attached hydrogens (tertiary/aromatic N) is 2. The summed E-state index contributed by atoms with van der Waals surface area (Å²) in [7, 11) is 1.99. The van der Waals surface area contributed by atoms with Crippen molar-refractivity contribution in [1.29, 1.82) is 0 Å². The van der Waals surface area contributed by atoms with Gasteiger partial charge in [-0.2, -0.15) is 0 Å². The highest BCUT2D eigenvalue weighted by Gasteiger charge is 2.37. The summed E-state index contributed by atoms with van der Waals surface area (Å²) in [5, 5.41) is 0. The van der Waals surface area contributed by atoms with Gasteiger partial charge in [0.2, 0.25) is 0 Å². The van der Waals surface area contributed by atoms with Crippen LogP contribution in [-0.2, 0) is 13.5 Å². The fourth-order valence-corrected chi connectivity index (χ4v) is 1.38. The molecule has 1 heterocycles. The third-order valence-electron chi connectivity index (χ3n) is 2.53. The molecule has 1 saturated carbocycles. The van der Waals surface area contributed by atoms with Crippen molar-refractivity contribution < 1.29 is 0 Å². The number of imidazole rings is 1. The second-order valence-electron chi connectivity index (χ2n) is 3.89. The van der Waals surface area contributed by atoms with Crippen molar-refractivity contribution in [2.45, 2.75) is 31.2 Å². The molecule has 1 aromatic heterocycles. The molecule has 0 spiro atoms. The van der Waals surface area contributed by atoms with Gasteiger partial charge in [0.1, 0.15) is 0 Å². The number of hydrogen-bond donors (Lipinski definition) is 1. The van der Waals surface area contributed by atoms with Gasteiger partial charge < -0.3 is 10.3 Å². The summed E-state index contributed by atoms with van der Waals surface area (Å²) in [6.07, 6.45) is 8.40. The van der Waals surface area contributed by atoms with Crippen LogP contribution >= 0.6 is 0 Å². The lowest BCUT2D eigenvalue weighted by Gasteiger charge is -2.04. The van der Waals surface area contributed by atoms with Gasteiger partial charge in [-0.1, -0.05) is 0 Å². The zero-order chi connectivity index (χ0) is 8.60. The monoisotopic (exact) mass is 165 g/mol. The molecule has 2 rings (SSSR count). The molecule has 0 unspecified atom stereocenters. The van der Waals surface area contributed by atoms with Gasteiger partial charge in [0.05, 0.1) is 12.0 Å². The zero-order valence-corrected chi connectivity index (χ0v) is 7.45. The van der Waals surface area contributed by atoms with E-state index in [1.807, 2.05) is 17.9 Å².